The van der Waals surface area contributed by atoms with E-state index in [0.717, 1.165) is 31.9 Å². The van der Waals surface area contributed by atoms with Gasteiger partial charge in [-0.2, -0.15) is 4.98 Å². The Morgan fingerprint density at radius 1 is 1.42 bits per heavy atom. The molecule has 19 heavy (non-hydrogen) atoms. The molecular formula is C13H22N4O2. The molecule has 2 heterocycles. The van der Waals surface area contributed by atoms with E-state index in [9.17, 15) is 0 Å². The smallest absolute Gasteiger partial charge is 0.218 e. The molecule has 0 radical (unpaired) electrons. The van der Waals surface area contributed by atoms with Gasteiger partial charge in [-0.05, 0) is 18.8 Å². The quantitative estimate of drug-likeness (QED) is 0.623. The van der Waals surface area contributed by atoms with Crippen molar-refractivity contribution >= 4 is 5.82 Å². The highest BCUT2D eigenvalue weighted by atomic mass is 16.5. The Morgan fingerprint density at radius 3 is 2.79 bits per heavy atom. The summed E-state index contributed by atoms with van der Waals surface area (Å²) in [4.78, 5) is 8.70. The Balaban J connectivity index is 2.00. The van der Waals surface area contributed by atoms with Crippen molar-refractivity contribution in [3.8, 4) is 5.88 Å². The maximum Gasteiger partial charge on any atom is 0.218 e. The third kappa shape index (κ3) is 4.04. The highest BCUT2D eigenvalue weighted by molar-refractivity contribution is 5.37. The molecular weight excluding hydrogens is 244 g/mol. The van der Waals surface area contributed by atoms with Crippen molar-refractivity contribution in [2.75, 3.05) is 25.2 Å². The molecule has 0 unspecified atom stereocenters. The topological polar surface area (TPSA) is 82.3 Å². The van der Waals surface area contributed by atoms with Gasteiger partial charge in [0.2, 0.25) is 5.88 Å². The minimum atomic E-state index is 0.235. The highest BCUT2D eigenvalue weighted by Gasteiger charge is 2.15. The molecule has 0 bridgehead atoms. The van der Waals surface area contributed by atoms with Crippen LogP contribution in [0.1, 0.15) is 38.4 Å². The van der Waals surface area contributed by atoms with E-state index < -0.39 is 0 Å². The number of hydrogen-bond donors (Lipinski definition) is 2. The normalized spacial score (nSPS) is 16.6. The van der Waals surface area contributed by atoms with Gasteiger partial charge in [-0.3, -0.25) is 0 Å². The summed E-state index contributed by atoms with van der Waals surface area (Å²) in [6.07, 6.45) is 2.09. The maximum atomic E-state index is 5.78. The van der Waals surface area contributed by atoms with Gasteiger partial charge in [-0.15, -0.1) is 0 Å². The lowest BCUT2D eigenvalue weighted by Gasteiger charge is -2.22. The van der Waals surface area contributed by atoms with E-state index in [2.05, 4.69) is 15.4 Å². The number of hydrazine groups is 1. The third-order valence-electron chi connectivity index (χ3n) is 3.19. The van der Waals surface area contributed by atoms with Gasteiger partial charge in [0.05, 0.1) is 6.61 Å². The summed E-state index contributed by atoms with van der Waals surface area (Å²) >= 11 is 0. The molecule has 1 aliphatic heterocycles. The zero-order valence-electron chi connectivity index (χ0n) is 11.6. The Hall–Kier alpha value is -1.40. The molecule has 6 nitrogen and oxygen atoms in total. The summed E-state index contributed by atoms with van der Waals surface area (Å²) < 4.78 is 11.1. The lowest BCUT2D eigenvalue weighted by atomic mass is 10.0. The van der Waals surface area contributed by atoms with Gasteiger partial charge in [0.15, 0.2) is 0 Å². The van der Waals surface area contributed by atoms with Gasteiger partial charge in [0.1, 0.15) is 11.6 Å². The Morgan fingerprint density at radius 2 is 2.16 bits per heavy atom. The molecule has 1 aliphatic rings. The van der Waals surface area contributed by atoms with Crippen LogP contribution in [0.2, 0.25) is 0 Å². The number of ether oxygens (including phenoxy) is 2. The van der Waals surface area contributed by atoms with Gasteiger partial charge in [0.25, 0.3) is 0 Å². The number of aromatic nitrogens is 2. The number of rotatable bonds is 5. The number of nitrogens with zero attached hydrogens (tertiary/aromatic N) is 2. The molecule has 3 N–H and O–H groups in total. The van der Waals surface area contributed by atoms with Crippen LogP contribution < -0.4 is 16.0 Å². The van der Waals surface area contributed by atoms with Crippen LogP contribution in [0.3, 0.4) is 0 Å². The summed E-state index contributed by atoms with van der Waals surface area (Å²) in [6.45, 7) is 6.40. The fourth-order valence-corrected chi connectivity index (χ4v) is 1.97. The van der Waals surface area contributed by atoms with Crippen LogP contribution in [0, 0.1) is 5.92 Å². The second kappa shape index (κ2) is 6.68. The molecule has 1 aromatic rings. The van der Waals surface area contributed by atoms with Crippen LogP contribution in [-0.2, 0) is 4.74 Å². The van der Waals surface area contributed by atoms with E-state index >= 15 is 0 Å². The molecule has 0 atom stereocenters. The first-order chi connectivity index (χ1) is 9.19. The minimum Gasteiger partial charge on any atom is -0.477 e. The molecule has 2 rings (SSSR count). The van der Waals surface area contributed by atoms with Gasteiger partial charge in [-0.25, -0.2) is 10.8 Å². The molecule has 106 valence electrons. The molecule has 0 saturated carbocycles. The van der Waals surface area contributed by atoms with Crippen LogP contribution >= 0.6 is 0 Å². The van der Waals surface area contributed by atoms with E-state index in [1.165, 1.54) is 0 Å². The fraction of sp³-hybridized carbons (Fsp3) is 0.692. The number of hydrogen-bond acceptors (Lipinski definition) is 6. The van der Waals surface area contributed by atoms with Crippen molar-refractivity contribution in [2.24, 2.45) is 11.8 Å². The predicted octanol–water partition coefficient (Wildman–Crippen LogP) is 1.69. The first kappa shape index (κ1) is 14.0. The average molecular weight is 266 g/mol. The summed E-state index contributed by atoms with van der Waals surface area (Å²) in [5.41, 5.74) is 2.55. The SMILES string of the molecule is CC(C)c1nc(NN)cc(OCC2CCOCC2)n1. The number of nitrogens with two attached hydrogens (primary N) is 1. The average Bonchev–Trinajstić information content (AvgIpc) is 2.45. The third-order valence-corrected chi connectivity index (χ3v) is 3.19. The molecule has 1 aromatic heterocycles. The molecule has 0 spiro atoms. The van der Waals surface area contributed by atoms with E-state index in [4.69, 9.17) is 15.3 Å². The number of nitrogens with one attached hydrogen (secondary N) is 1. The maximum absolute atomic E-state index is 5.78. The van der Waals surface area contributed by atoms with Crippen molar-refractivity contribution in [2.45, 2.75) is 32.6 Å². The van der Waals surface area contributed by atoms with Crippen molar-refractivity contribution in [1.29, 1.82) is 0 Å². The zero-order valence-corrected chi connectivity index (χ0v) is 11.6. The molecule has 0 amide bonds. The van der Waals surface area contributed by atoms with Gasteiger partial charge in [-0.1, -0.05) is 13.8 Å². The second-order valence-electron chi connectivity index (χ2n) is 5.12. The van der Waals surface area contributed by atoms with Gasteiger partial charge >= 0.3 is 0 Å². The monoisotopic (exact) mass is 266 g/mol. The molecule has 6 heteroatoms. The first-order valence-corrected chi connectivity index (χ1v) is 6.75. The molecule has 0 aromatic carbocycles. The van der Waals surface area contributed by atoms with Crippen LogP contribution in [0.25, 0.3) is 0 Å². The lowest BCUT2D eigenvalue weighted by molar-refractivity contribution is 0.0490. The Labute approximate surface area is 113 Å². The summed E-state index contributed by atoms with van der Waals surface area (Å²) in [5.74, 6) is 8.09. The lowest BCUT2D eigenvalue weighted by Crippen LogP contribution is -2.22. The second-order valence-corrected chi connectivity index (χ2v) is 5.12. The van der Waals surface area contributed by atoms with Crippen molar-refractivity contribution in [1.82, 2.24) is 9.97 Å². The zero-order chi connectivity index (χ0) is 13.7. The summed E-state index contributed by atoms with van der Waals surface area (Å²) in [6, 6.07) is 1.73. The van der Waals surface area contributed by atoms with Gasteiger partial charge < -0.3 is 14.9 Å². The van der Waals surface area contributed by atoms with Crippen LogP contribution in [-0.4, -0.2) is 29.8 Å². The van der Waals surface area contributed by atoms with Crippen LogP contribution in [0.15, 0.2) is 6.07 Å². The summed E-state index contributed by atoms with van der Waals surface area (Å²) in [5, 5.41) is 0. The number of nitrogen functional groups attached to an aromatic ring is 1. The van der Waals surface area contributed by atoms with E-state index in [0.29, 0.717) is 24.2 Å². The van der Waals surface area contributed by atoms with Crippen LogP contribution in [0.5, 0.6) is 5.88 Å². The largest absolute Gasteiger partial charge is 0.477 e. The van der Waals surface area contributed by atoms with Gasteiger partial charge in [0, 0.05) is 25.2 Å². The molecule has 1 saturated heterocycles. The van der Waals surface area contributed by atoms with Crippen LogP contribution in [0.4, 0.5) is 5.82 Å². The minimum absolute atomic E-state index is 0.235. The van der Waals surface area contributed by atoms with Crippen molar-refractivity contribution in [3.05, 3.63) is 11.9 Å². The van der Waals surface area contributed by atoms with Crippen molar-refractivity contribution in [3.63, 3.8) is 0 Å². The van der Waals surface area contributed by atoms with Crippen molar-refractivity contribution < 1.29 is 9.47 Å². The Bertz CT molecular complexity index is 406. The fourth-order valence-electron chi connectivity index (χ4n) is 1.97. The van der Waals surface area contributed by atoms with E-state index in [1.807, 2.05) is 13.8 Å². The highest BCUT2D eigenvalue weighted by Crippen LogP contribution is 2.20. The summed E-state index contributed by atoms with van der Waals surface area (Å²) in [7, 11) is 0. The standard InChI is InChI=1S/C13H22N4O2/c1-9(2)13-15-11(17-14)7-12(16-13)19-8-10-3-5-18-6-4-10/h7,9-10H,3-6,8,14H2,1-2H3,(H,15,16,17). The number of anilines is 1. The first-order valence-electron chi connectivity index (χ1n) is 6.75. The molecule has 0 aliphatic carbocycles. The molecule has 1 fully saturated rings. The van der Waals surface area contributed by atoms with E-state index in [1.54, 1.807) is 6.07 Å². The predicted molar refractivity (Wildman–Crippen MR) is 73.0 cm³/mol. The Kier molecular flexibility index (Phi) is 4.93. The van der Waals surface area contributed by atoms with E-state index in [-0.39, 0.29) is 5.92 Å².